The third-order valence-electron chi connectivity index (χ3n) is 4.55. The van der Waals surface area contributed by atoms with Gasteiger partial charge in [-0.15, -0.1) is 0 Å². The first-order valence-corrected chi connectivity index (χ1v) is 6.79. The predicted molar refractivity (Wildman–Crippen MR) is 66.9 cm³/mol. The molecule has 0 aromatic heterocycles. The van der Waals surface area contributed by atoms with Crippen LogP contribution in [0.1, 0.15) is 51.4 Å². The van der Waals surface area contributed by atoms with Crippen LogP contribution < -0.4 is 11.1 Å². The third-order valence-corrected chi connectivity index (χ3v) is 4.55. The number of carboxylic acid groups (broad SMARTS) is 1. The Morgan fingerprint density at radius 1 is 1.06 bits per heavy atom. The number of nitrogens with one attached hydrogen (secondary N) is 1. The number of aliphatic carboxylic acids is 1. The zero-order valence-corrected chi connectivity index (χ0v) is 10.7. The van der Waals surface area contributed by atoms with Crippen LogP contribution in [0.5, 0.6) is 0 Å². The molecule has 18 heavy (non-hydrogen) atoms. The number of carboxylic acids is 1. The number of rotatable bonds is 4. The van der Waals surface area contributed by atoms with Crippen molar-refractivity contribution in [2.75, 3.05) is 6.54 Å². The van der Waals surface area contributed by atoms with Gasteiger partial charge in [0.05, 0.1) is 11.0 Å². The zero-order chi connectivity index (χ0) is 13.2. The molecule has 0 aromatic carbocycles. The van der Waals surface area contributed by atoms with Crippen LogP contribution in [-0.4, -0.2) is 29.1 Å². The van der Waals surface area contributed by atoms with E-state index in [1.807, 2.05) is 0 Å². The molecular formula is C13H22N2O3. The molecular weight excluding hydrogens is 232 g/mol. The van der Waals surface area contributed by atoms with E-state index in [-0.39, 0.29) is 12.5 Å². The molecule has 0 aliphatic heterocycles. The molecule has 5 nitrogen and oxygen atoms in total. The highest BCUT2D eigenvalue weighted by Crippen LogP contribution is 2.38. The average Bonchev–Trinajstić information content (AvgIpc) is 2.96. The Bertz CT molecular complexity index is 342. The van der Waals surface area contributed by atoms with Crippen molar-refractivity contribution in [1.29, 1.82) is 0 Å². The molecule has 2 saturated carbocycles. The third kappa shape index (κ3) is 2.36. The monoisotopic (exact) mass is 254 g/mol. The van der Waals surface area contributed by atoms with Crippen LogP contribution in [0.15, 0.2) is 0 Å². The molecule has 0 aromatic rings. The van der Waals surface area contributed by atoms with Crippen LogP contribution >= 0.6 is 0 Å². The van der Waals surface area contributed by atoms with Crippen molar-refractivity contribution in [3.05, 3.63) is 0 Å². The Balaban J connectivity index is 1.94. The quantitative estimate of drug-likeness (QED) is 0.698. The predicted octanol–water partition coefficient (Wildman–Crippen LogP) is 1.02. The molecule has 0 heterocycles. The van der Waals surface area contributed by atoms with Gasteiger partial charge in [-0.3, -0.25) is 9.59 Å². The van der Waals surface area contributed by atoms with Crippen LogP contribution in [0.4, 0.5) is 0 Å². The molecule has 2 aliphatic carbocycles. The van der Waals surface area contributed by atoms with E-state index >= 15 is 0 Å². The normalized spacial score (nSPS) is 24.9. The van der Waals surface area contributed by atoms with Gasteiger partial charge in [-0.1, -0.05) is 25.7 Å². The molecule has 5 heteroatoms. The summed E-state index contributed by atoms with van der Waals surface area (Å²) in [4.78, 5) is 23.4. The SMILES string of the molecule is NC1(C(=O)NCC2(C(=O)O)CCCC2)CCCC1. The summed E-state index contributed by atoms with van der Waals surface area (Å²) >= 11 is 0. The fourth-order valence-electron chi connectivity index (χ4n) is 3.18. The summed E-state index contributed by atoms with van der Waals surface area (Å²) in [6.07, 6.45) is 6.53. The van der Waals surface area contributed by atoms with Gasteiger partial charge in [-0.2, -0.15) is 0 Å². The molecule has 0 saturated heterocycles. The van der Waals surface area contributed by atoms with Crippen LogP contribution in [0.2, 0.25) is 0 Å². The summed E-state index contributed by atoms with van der Waals surface area (Å²) in [6.45, 7) is 0.222. The van der Waals surface area contributed by atoms with Crippen LogP contribution in [-0.2, 0) is 9.59 Å². The number of amides is 1. The highest BCUT2D eigenvalue weighted by atomic mass is 16.4. The summed E-state index contributed by atoms with van der Waals surface area (Å²) in [5.74, 6) is -0.967. The Morgan fingerprint density at radius 2 is 1.56 bits per heavy atom. The highest BCUT2D eigenvalue weighted by Gasteiger charge is 2.43. The van der Waals surface area contributed by atoms with Crippen molar-refractivity contribution in [3.8, 4) is 0 Å². The summed E-state index contributed by atoms with van der Waals surface area (Å²) in [5, 5.41) is 12.1. The lowest BCUT2D eigenvalue weighted by atomic mass is 9.86. The summed E-state index contributed by atoms with van der Waals surface area (Å²) in [7, 11) is 0. The molecule has 4 N–H and O–H groups in total. The largest absolute Gasteiger partial charge is 0.481 e. The van der Waals surface area contributed by atoms with Crippen LogP contribution in [0.25, 0.3) is 0 Å². The van der Waals surface area contributed by atoms with Gasteiger partial charge in [0.15, 0.2) is 0 Å². The maximum atomic E-state index is 12.1. The fraction of sp³-hybridized carbons (Fsp3) is 0.846. The number of hydrogen-bond donors (Lipinski definition) is 3. The first-order chi connectivity index (χ1) is 8.49. The first-order valence-electron chi connectivity index (χ1n) is 6.79. The molecule has 0 unspecified atom stereocenters. The summed E-state index contributed by atoms with van der Waals surface area (Å²) in [6, 6.07) is 0. The topological polar surface area (TPSA) is 92.4 Å². The van der Waals surface area contributed by atoms with Gasteiger partial charge in [0.25, 0.3) is 0 Å². The van der Waals surface area contributed by atoms with Crippen molar-refractivity contribution in [1.82, 2.24) is 5.32 Å². The molecule has 2 fully saturated rings. The van der Waals surface area contributed by atoms with Gasteiger partial charge in [0.1, 0.15) is 0 Å². The summed E-state index contributed by atoms with van der Waals surface area (Å²) < 4.78 is 0. The minimum atomic E-state index is -0.794. The maximum absolute atomic E-state index is 12.1. The smallest absolute Gasteiger partial charge is 0.311 e. The van der Waals surface area contributed by atoms with Gasteiger partial charge in [-0.05, 0) is 25.7 Å². The second-order valence-electron chi connectivity index (χ2n) is 5.84. The van der Waals surface area contributed by atoms with Gasteiger partial charge in [0.2, 0.25) is 5.91 Å². The fourth-order valence-corrected chi connectivity index (χ4v) is 3.18. The lowest BCUT2D eigenvalue weighted by Crippen LogP contribution is -2.54. The Kier molecular flexibility index (Phi) is 3.61. The van der Waals surface area contributed by atoms with Crippen molar-refractivity contribution < 1.29 is 14.7 Å². The highest BCUT2D eigenvalue weighted by molar-refractivity contribution is 5.87. The average molecular weight is 254 g/mol. The lowest BCUT2D eigenvalue weighted by Gasteiger charge is -2.28. The van der Waals surface area contributed by atoms with E-state index in [1.54, 1.807) is 0 Å². The number of hydrogen-bond acceptors (Lipinski definition) is 3. The number of nitrogens with two attached hydrogens (primary N) is 1. The van der Waals surface area contributed by atoms with Crippen LogP contribution in [0, 0.1) is 5.41 Å². The van der Waals surface area contributed by atoms with E-state index in [0.29, 0.717) is 25.7 Å². The van der Waals surface area contributed by atoms with Gasteiger partial charge < -0.3 is 16.2 Å². The molecule has 0 spiro atoms. The van der Waals surface area contributed by atoms with Crippen LogP contribution in [0.3, 0.4) is 0 Å². The number of carbonyl (C=O) groups is 2. The minimum absolute atomic E-state index is 0.174. The van der Waals surface area contributed by atoms with Crippen molar-refractivity contribution in [3.63, 3.8) is 0 Å². The first kappa shape index (κ1) is 13.3. The van der Waals surface area contributed by atoms with E-state index in [2.05, 4.69) is 5.32 Å². The molecule has 102 valence electrons. The van der Waals surface area contributed by atoms with E-state index in [0.717, 1.165) is 25.7 Å². The van der Waals surface area contributed by atoms with E-state index in [9.17, 15) is 14.7 Å². The molecule has 2 aliphatic rings. The summed E-state index contributed by atoms with van der Waals surface area (Å²) in [5.41, 5.74) is 4.52. The van der Waals surface area contributed by atoms with Crippen molar-refractivity contribution in [2.45, 2.75) is 56.9 Å². The van der Waals surface area contributed by atoms with Crippen molar-refractivity contribution in [2.24, 2.45) is 11.1 Å². The molecule has 2 rings (SSSR count). The lowest BCUT2D eigenvalue weighted by molar-refractivity contribution is -0.148. The second-order valence-corrected chi connectivity index (χ2v) is 5.84. The number of carbonyl (C=O) groups excluding carboxylic acids is 1. The zero-order valence-electron chi connectivity index (χ0n) is 10.7. The Labute approximate surface area is 107 Å². The Morgan fingerprint density at radius 3 is 2.06 bits per heavy atom. The van der Waals surface area contributed by atoms with Gasteiger partial charge >= 0.3 is 5.97 Å². The van der Waals surface area contributed by atoms with E-state index < -0.39 is 16.9 Å². The molecule has 0 bridgehead atoms. The Hall–Kier alpha value is -1.10. The van der Waals surface area contributed by atoms with Gasteiger partial charge in [-0.25, -0.2) is 0 Å². The van der Waals surface area contributed by atoms with E-state index in [1.165, 1.54) is 0 Å². The molecule has 0 atom stereocenters. The van der Waals surface area contributed by atoms with E-state index in [4.69, 9.17) is 5.73 Å². The van der Waals surface area contributed by atoms with Crippen molar-refractivity contribution >= 4 is 11.9 Å². The minimum Gasteiger partial charge on any atom is -0.481 e. The van der Waals surface area contributed by atoms with Gasteiger partial charge in [0, 0.05) is 6.54 Å². The molecule has 1 amide bonds. The standard InChI is InChI=1S/C13H22N2O3/c14-13(7-3-4-8-13)10(16)15-9-12(11(17)18)5-1-2-6-12/h1-9,14H2,(H,15,16)(H,17,18). The second kappa shape index (κ2) is 4.88. The maximum Gasteiger partial charge on any atom is 0.311 e. The molecule has 0 radical (unpaired) electrons.